The van der Waals surface area contributed by atoms with E-state index in [0.717, 1.165) is 6.42 Å². The molecule has 5 heteroatoms. The molecule has 1 aliphatic heterocycles. The van der Waals surface area contributed by atoms with E-state index >= 15 is 0 Å². The van der Waals surface area contributed by atoms with Gasteiger partial charge in [-0.2, -0.15) is 0 Å². The van der Waals surface area contributed by atoms with Gasteiger partial charge in [-0.15, -0.1) is 11.6 Å². The summed E-state index contributed by atoms with van der Waals surface area (Å²) in [6, 6.07) is -0.396. The van der Waals surface area contributed by atoms with Crippen LogP contribution < -0.4 is 0 Å². The van der Waals surface area contributed by atoms with Gasteiger partial charge in [-0.25, -0.2) is 4.79 Å². The van der Waals surface area contributed by atoms with Gasteiger partial charge in [0.05, 0.1) is 11.9 Å². The van der Waals surface area contributed by atoms with Crippen LogP contribution in [0.1, 0.15) is 33.6 Å². The molecule has 0 aromatic rings. The van der Waals surface area contributed by atoms with E-state index in [-0.39, 0.29) is 11.7 Å². The molecule has 0 unspecified atom stereocenters. The van der Waals surface area contributed by atoms with Gasteiger partial charge in [0, 0.05) is 6.54 Å². The van der Waals surface area contributed by atoms with Crippen molar-refractivity contribution in [3.8, 4) is 0 Å². The Morgan fingerprint density at radius 3 is 2.56 bits per heavy atom. The molecule has 0 aliphatic carbocycles. The molecule has 1 aliphatic rings. The number of ether oxygens (including phenoxy) is 1. The van der Waals surface area contributed by atoms with Crippen molar-refractivity contribution in [2.24, 2.45) is 0 Å². The van der Waals surface area contributed by atoms with Crippen LogP contribution in [0.2, 0.25) is 0 Å². The number of likely N-dealkylation sites (tertiary alicyclic amines) is 1. The Hall–Kier alpha value is -0.770. The van der Waals surface area contributed by atoms with Gasteiger partial charge < -0.3 is 4.74 Å². The number of nitrogens with zero attached hydrogens (tertiary/aromatic N) is 1. The monoisotopic (exact) mass is 247 g/mol. The van der Waals surface area contributed by atoms with E-state index in [2.05, 4.69) is 0 Å². The molecule has 16 heavy (non-hydrogen) atoms. The highest BCUT2D eigenvalue weighted by Crippen LogP contribution is 2.21. The van der Waals surface area contributed by atoms with Crippen LogP contribution >= 0.6 is 11.6 Å². The molecular formula is C11H18ClNO3. The summed E-state index contributed by atoms with van der Waals surface area (Å²) in [5, 5.41) is 0. The maximum atomic E-state index is 11.8. The van der Waals surface area contributed by atoms with Crippen LogP contribution in [0.4, 0.5) is 4.79 Å². The van der Waals surface area contributed by atoms with Crippen LogP contribution in [0, 0.1) is 0 Å². The van der Waals surface area contributed by atoms with Gasteiger partial charge in [0.2, 0.25) is 0 Å². The molecule has 1 amide bonds. The van der Waals surface area contributed by atoms with Crippen LogP contribution in [0.15, 0.2) is 0 Å². The number of halogens is 1. The first-order valence-corrected chi connectivity index (χ1v) is 5.97. The molecule has 1 rings (SSSR count). The zero-order valence-electron chi connectivity index (χ0n) is 9.96. The molecule has 0 N–H and O–H groups in total. The predicted molar refractivity (Wildman–Crippen MR) is 61.7 cm³/mol. The fourth-order valence-corrected chi connectivity index (χ4v) is 1.91. The first-order valence-electron chi connectivity index (χ1n) is 5.43. The van der Waals surface area contributed by atoms with Crippen LogP contribution in [0.3, 0.4) is 0 Å². The molecular weight excluding hydrogens is 230 g/mol. The summed E-state index contributed by atoms with van der Waals surface area (Å²) in [5.41, 5.74) is -0.533. The molecule has 1 atom stereocenters. The minimum atomic E-state index is -0.533. The Morgan fingerprint density at radius 2 is 2.06 bits per heavy atom. The standard InChI is InChI=1S/C11H18ClNO3/c1-11(2,3)16-10(15)13-6-4-5-8(13)9(14)7-12/h8H,4-7H2,1-3H3/t8-/m1/s1. The molecule has 0 aromatic carbocycles. The third-order valence-electron chi connectivity index (χ3n) is 2.38. The minimum Gasteiger partial charge on any atom is -0.444 e. The number of carbonyl (C=O) groups is 2. The van der Waals surface area contributed by atoms with Crippen LogP contribution in [-0.4, -0.2) is 40.8 Å². The minimum absolute atomic E-state index is 0.0516. The quantitative estimate of drug-likeness (QED) is 0.703. The molecule has 0 aromatic heterocycles. The van der Waals surface area contributed by atoms with E-state index in [1.165, 1.54) is 4.90 Å². The zero-order chi connectivity index (χ0) is 12.3. The van der Waals surface area contributed by atoms with Crippen molar-refractivity contribution in [2.75, 3.05) is 12.4 Å². The van der Waals surface area contributed by atoms with Crippen molar-refractivity contribution in [3.63, 3.8) is 0 Å². The van der Waals surface area contributed by atoms with Gasteiger partial charge in [0.1, 0.15) is 5.60 Å². The molecule has 4 nitrogen and oxygen atoms in total. The summed E-state index contributed by atoms with van der Waals surface area (Å²) in [6.07, 6.45) is 1.09. The molecule has 1 fully saturated rings. The molecule has 0 radical (unpaired) electrons. The highest BCUT2D eigenvalue weighted by molar-refractivity contribution is 6.28. The summed E-state index contributed by atoms with van der Waals surface area (Å²) < 4.78 is 5.24. The average Bonchev–Trinajstić information content (AvgIpc) is 2.62. The molecule has 0 spiro atoms. The van der Waals surface area contributed by atoms with Crippen molar-refractivity contribution >= 4 is 23.5 Å². The Bertz CT molecular complexity index is 285. The third-order valence-corrected chi connectivity index (χ3v) is 2.65. The lowest BCUT2D eigenvalue weighted by Gasteiger charge is -2.27. The molecule has 1 saturated heterocycles. The normalized spacial score (nSPS) is 21.0. The van der Waals surface area contributed by atoms with Gasteiger partial charge in [-0.05, 0) is 33.6 Å². The van der Waals surface area contributed by atoms with Gasteiger partial charge in [-0.1, -0.05) is 0 Å². The van der Waals surface area contributed by atoms with E-state index in [4.69, 9.17) is 16.3 Å². The lowest BCUT2D eigenvalue weighted by Crippen LogP contribution is -2.43. The number of amides is 1. The number of hydrogen-bond donors (Lipinski definition) is 0. The zero-order valence-corrected chi connectivity index (χ0v) is 10.7. The summed E-state index contributed by atoms with van der Waals surface area (Å²) >= 11 is 5.51. The van der Waals surface area contributed by atoms with Gasteiger partial charge >= 0.3 is 6.09 Å². The van der Waals surface area contributed by atoms with E-state index in [0.29, 0.717) is 13.0 Å². The second-order valence-corrected chi connectivity index (χ2v) is 5.20. The number of alkyl halides is 1. The maximum absolute atomic E-state index is 11.8. The number of ketones is 1. The van der Waals surface area contributed by atoms with E-state index in [9.17, 15) is 9.59 Å². The summed E-state index contributed by atoms with van der Waals surface area (Å²) in [7, 11) is 0. The average molecular weight is 248 g/mol. The second-order valence-electron chi connectivity index (χ2n) is 4.93. The Morgan fingerprint density at radius 1 is 1.44 bits per heavy atom. The highest BCUT2D eigenvalue weighted by Gasteiger charge is 2.35. The number of carbonyl (C=O) groups excluding carboxylic acids is 2. The maximum Gasteiger partial charge on any atom is 0.410 e. The van der Waals surface area contributed by atoms with Crippen LogP contribution in [-0.2, 0) is 9.53 Å². The van der Waals surface area contributed by atoms with Crippen LogP contribution in [0.5, 0.6) is 0 Å². The first kappa shape index (κ1) is 13.3. The molecule has 0 saturated carbocycles. The number of Topliss-reactive ketones (excluding diaryl/α,β-unsaturated/α-hetero) is 1. The topological polar surface area (TPSA) is 46.6 Å². The van der Waals surface area contributed by atoms with Gasteiger partial charge in [-0.3, -0.25) is 9.69 Å². The first-order chi connectivity index (χ1) is 7.35. The summed E-state index contributed by atoms with van der Waals surface area (Å²) in [5.74, 6) is -0.158. The van der Waals surface area contributed by atoms with Crippen LogP contribution in [0.25, 0.3) is 0 Å². The Kier molecular flexibility index (Phi) is 4.19. The van der Waals surface area contributed by atoms with Gasteiger partial charge in [0.15, 0.2) is 5.78 Å². The largest absolute Gasteiger partial charge is 0.444 e. The Balaban J connectivity index is 2.65. The van der Waals surface area contributed by atoms with Crippen molar-refractivity contribution in [1.82, 2.24) is 4.90 Å². The number of hydrogen-bond acceptors (Lipinski definition) is 3. The predicted octanol–water partition coefficient (Wildman–Crippen LogP) is 2.19. The fourth-order valence-electron chi connectivity index (χ4n) is 1.73. The van der Waals surface area contributed by atoms with E-state index in [1.54, 1.807) is 20.8 Å². The van der Waals surface area contributed by atoms with Gasteiger partial charge in [0.25, 0.3) is 0 Å². The van der Waals surface area contributed by atoms with Crippen molar-refractivity contribution in [3.05, 3.63) is 0 Å². The Labute approximate surface area is 101 Å². The highest BCUT2D eigenvalue weighted by atomic mass is 35.5. The molecule has 1 heterocycles. The smallest absolute Gasteiger partial charge is 0.410 e. The van der Waals surface area contributed by atoms with Crippen molar-refractivity contribution in [2.45, 2.75) is 45.3 Å². The fraction of sp³-hybridized carbons (Fsp3) is 0.818. The SMILES string of the molecule is CC(C)(C)OC(=O)N1CCC[C@@H]1C(=O)CCl. The number of rotatable bonds is 2. The van der Waals surface area contributed by atoms with Crippen molar-refractivity contribution in [1.29, 1.82) is 0 Å². The van der Waals surface area contributed by atoms with E-state index in [1.807, 2.05) is 0 Å². The molecule has 0 bridgehead atoms. The summed E-state index contributed by atoms with van der Waals surface area (Å²) in [6.45, 7) is 5.99. The van der Waals surface area contributed by atoms with E-state index < -0.39 is 17.7 Å². The summed E-state index contributed by atoms with van der Waals surface area (Å²) in [4.78, 5) is 24.8. The third kappa shape index (κ3) is 3.37. The lowest BCUT2D eigenvalue weighted by molar-refractivity contribution is -0.120. The lowest BCUT2D eigenvalue weighted by atomic mass is 10.1. The van der Waals surface area contributed by atoms with Crippen molar-refractivity contribution < 1.29 is 14.3 Å². The second kappa shape index (κ2) is 5.04. The molecule has 92 valence electrons.